The lowest BCUT2D eigenvalue weighted by Crippen LogP contribution is -2.05. The predicted molar refractivity (Wildman–Crippen MR) is 54.4 cm³/mol. The van der Waals surface area contributed by atoms with Crippen LogP contribution in [0.25, 0.3) is 0 Å². The lowest BCUT2D eigenvalue weighted by Gasteiger charge is -2.21. The highest BCUT2D eigenvalue weighted by molar-refractivity contribution is 5.13. The summed E-state index contributed by atoms with van der Waals surface area (Å²) in [5, 5.41) is 0. The summed E-state index contributed by atoms with van der Waals surface area (Å²) in [4.78, 5) is 8.28. The van der Waals surface area contributed by atoms with Gasteiger partial charge in [-0.25, -0.2) is 9.97 Å². The summed E-state index contributed by atoms with van der Waals surface area (Å²) in [6, 6.07) is 0.463. The van der Waals surface area contributed by atoms with Crippen molar-refractivity contribution < 1.29 is 4.74 Å². The monoisotopic (exact) mass is 192 g/mol. The lowest BCUT2D eigenvalue weighted by molar-refractivity contribution is 0.377. The number of rotatable bonds is 2. The third-order valence-electron chi connectivity index (χ3n) is 2.91. The molecule has 1 aromatic heterocycles. The van der Waals surface area contributed by atoms with Crippen molar-refractivity contribution >= 4 is 0 Å². The third kappa shape index (κ3) is 2.03. The molecule has 0 unspecified atom stereocenters. The van der Waals surface area contributed by atoms with Gasteiger partial charge in [-0.15, -0.1) is 0 Å². The molecule has 14 heavy (non-hydrogen) atoms. The number of methoxy groups -OCH3 is 1. The molecule has 3 nitrogen and oxygen atoms in total. The molecule has 0 N–H and O–H groups in total. The molecule has 1 heterocycles. The molecule has 2 rings (SSSR count). The molecule has 1 aliphatic carbocycles. The van der Waals surface area contributed by atoms with Crippen LogP contribution in [0.5, 0.6) is 6.01 Å². The summed E-state index contributed by atoms with van der Waals surface area (Å²) >= 11 is 0. The number of nitrogens with zero attached hydrogens (tertiary/aromatic N) is 2. The van der Waals surface area contributed by atoms with Crippen LogP contribution in [0.15, 0.2) is 12.4 Å². The Morgan fingerprint density at radius 1 is 1.14 bits per heavy atom. The van der Waals surface area contributed by atoms with Crippen LogP contribution in [0.1, 0.15) is 43.6 Å². The normalized spacial score (nSPS) is 18.1. The minimum absolute atomic E-state index is 0.463. The zero-order valence-electron chi connectivity index (χ0n) is 8.57. The van der Waals surface area contributed by atoms with E-state index in [1.165, 1.54) is 37.7 Å². The SMILES string of the molecule is COc1ncc(C2CCCCC2)cn1. The van der Waals surface area contributed by atoms with Gasteiger partial charge in [-0.1, -0.05) is 19.3 Å². The third-order valence-corrected chi connectivity index (χ3v) is 2.91. The maximum atomic E-state index is 4.93. The van der Waals surface area contributed by atoms with Crippen LogP contribution in [-0.2, 0) is 0 Å². The predicted octanol–water partition coefficient (Wildman–Crippen LogP) is 2.53. The Bertz CT molecular complexity index is 278. The summed E-state index contributed by atoms with van der Waals surface area (Å²) < 4.78 is 4.93. The van der Waals surface area contributed by atoms with Gasteiger partial charge in [-0.05, 0) is 24.3 Å². The Balaban J connectivity index is 2.07. The van der Waals surface area contributed by atoms with Gasteiger partial charge in [-0.3, -0.25) is 0 Å². The molecular formula is C11H16N2O. The smallest absolute Gasteiger partial charge is 0.316 e. The van der Waals surface area contributed by atoms with E-state index in [1.807, 2.05) is 12.4 Å². The first kappa shape index (κ1) is 9.44. The van der Waals surface area contributed by atoms with E-state index < -0.39 is 0 Å². The average Bonchev–Trinajstić information content (AvgIpc) is 2.30. The maximum absolute atomic E-state index is 4.93. The topological polar surface area (TPSA) is 35.0 Å². The van der Waals surface area contributed by atoms with Crippen molar-refractivity contribution in [2.45, 2.75) is 38.0 Å². The molecule has 3 heteroatoms. The molecule has 0 saturated heterocycles. The quantitative estimate of drug-likeness (QED) is 0.722. The summed E-state index contributed by atoms with van der Waals surface area (Å²) in [5.41, 5.74) is 1.27. The van der Waals surface area contributed by atoms with Gasteiger partial charge in [0.2, 0.25) is 0 Å². The Morgan fingerprint density at radius 3 is 2.36 bits per heavy atom. The van der Waals surface area contributed by atoms with Crippen LogP contribution in [-0.4, -0.2) is 17.1 Å². The molecule has 76 valence electrons. The van der Waals surface area contributed by atoms with Crippen molar-refractivity contribution in [2.75, 3.05) is 7.11 Å². The number of aromatic nitrogens is 2. The van der Waals surface area contributed by atoms with E-state index in [-0.39, 0.29) is 0 Å². The van der Waals surface area contributed by atoms with E-state index >= 15 is 0 Å². The maximum Gasteiger partial charge on any atom is 0.316 e. The molecular weight excluding hydrogens is 176 g/mol. The van der Waals surface area contributed by atoms with Gasteiger partial charge < -0.3 is 4.74 Å². The lowest BCUT2D eigenvalue weighted by atomic mass is 9.85. The largest absolute Gasteiger partial charge is 0.467 e. The van der Waals surface area contributed by atoms with E-state index in [1.54, 1.807) is 7.11 Å². The Morgan fingerprint density at radius 2 is 1.79 bits per heavy atom. The van der Waals surface area contributed by atoms with Gasteiger partial charge in [0.25, 0.3) is 0 Å². The van der Waals surface area contributed by atoms with Crippen molar-refractivity contribution in [3.63, 3.8) is 0 Å². The van der Waals surface area contributed by atoms with E-state index in [2.05, 4.69) is 9.97 Å². The van der Waals surface area contributed by atoms with E-state index in [4.69, 9.17) is 4.74 Å². The van der Waals surface area contributed by atoms with Gasteiger partial charge in [-0.2, -0.15) is 0 Å². The molecule has 0 atom stereocenters. The van der Waals surface area contributed by atoms with E-state index in [9.17, 15) is 0 Å². The minimum atomic E-state index is 0.463. The number of hydrogen-bond donors (Lipinski definition) is 0. The highest BCUT2D eigenvalue weighted by atomic mass is 16.5. The van der Waals surface area contributed by atoms with Crippen LogP contribution in [0.4, 0.5) is 0 Å². The minimum Gasteiger partial charge on any atom is -0.467 e. The Labute approximate surface area is 84.5 Å². The summed E-state index contributed by atoms with van der Waals surface area (Å²) in [6.45, 7) is 0. The summed E-state index contributed by atoms with van der Waals surface area (Å²) in [5.74, 6) is 0.676. The van der Waals surface area contributed by atoms with Gasteiger partial charge in [0.1, 0.15) is 0 Å². The first-order valence-corrected chi connectivity index (χ1v) is 5.26. The number of hydrogen-bond acceptors (Lipinski definition) is 3. The van der Waals surface area contributed by atoms with Crippen molar-refractivity contribution in [3.05, 3.63) is 18.0 Å². The van der Waals surface area contributed by atoms with Crippen LogP contribution in [0.2, 0.25) is 0 Å². The van der Waals surface area contributed by atoms with Crippen LogP contribution in [0.3, 0.4) is 0 Å². The van der Waals surface area contributed by atoms with Crippen molar-refractivity contribution in [3.8, 4) is 6.01 Å². The first-order valence-electron chi connectivity index (χ1n) is 5.26. The molecule has 0 bridgehead atoms. The van der Waals surface area contributed by atoms with Crippen LogP contribution >= 0.6 is 0 Å². The molecule has 1 fully saturated rings. The van der Waals surface area contributed by atoms with Crippen LogP contribution in [0, 0.1) is 0 Å². The molecule has 1 saturated carbocycles. The van der Waals surface area contributed by atoms with E-state index in [0.717, 1.165) is 0 Å². The van der Waals surface area contributed by atoms with Crippen molar-refractivity contribution in [1.29, 1.82) is 0 Å². The highest BCUT2D eigenvalue weighted by Gasteiger charge is 2.15. The molecule has 0 aromatic carbocycles. The molecule has 0 aliphatic heterocycles. The standard InChI is InChI=1S/C11H16N2O/c1-14-11-12-7-10(8-13-11)9-5-3-2-4-6-9/h7-9H,2-6H2,1H3. The Kier molecular flexibility index (Phi) is 2.96. The molecule has 0 spiro atoms. The summed E-state index contributed by atoms with van der Waals surface area (Å²) in [7, 11) is 1.59. The van der Waals surface area contributed by atoms with Gasteiger partial charge >= 0.3 is 6.01 Å². The molecule has 1 aliphatic rings. The molecule has 0 amide bonds. The fourth-order valence-electron chi connectivity index (χ4n) is 2.08. The van der Waals surface area contributed by atoms with Gasteiger partial charge in [0.15, 0.2) is 0 Å². The highest BCUT2D eigenvalue weighted by Crippen LogP contribution is 2.31. The first-order chi connectivity index (χ1) is 6.90. The Hall–Kier alpha value is -1.12. The summed E-state index contributed by atoms with van der Waals surface area (Å²) in [6.07, 6.45) is 10.5. The second-order valence-electron chi connectivity index (χ2n) is 3.84. The van der Waals surface area contributed by atoms with Crippen LogP contribution < -0.4 is 4.74 Å². The second kappa shape index (κ2) is 4.40. The van der Waals surface area contributed by atoms with Crippen molar-refractivity contribution in [1.82, 2.24) is 9.97 Å². The van der Waals surface area contributed by atoms with E-state index in [0.29, 0.717) is 11.9 Å². The fraction of sp³-hybridized carbons (Fsp3) is 0.636. The second-order valence-corrected chi connectivity index (χ2v) is 3.84. The number of ether oxygens (including phenoxy) is 1. The van der Waals surface area contributed by atoms with Crippen molar-refractivity contribution in [2.24, 2.45) is 0 Å². The fourth-order valence-corrected chi connectivity index (χ4v) is 2.08. The molecule has 1 aromatic rings. The average molecular weight is 192 g/mol. The zero-order valence-corrected chi connectivity index (χ0v) is 8.57. The zero-order chi connectivity index (χ0) is 9.80. The van der Waals surface area contributed by atoms with Gasteiger partial charge in [0, 0.05) is 12.4 Å². The molecule has 0 radical (unpaired) electrons. The van der Waals surface area contributed by atoms with Gasteiger partial charge in [0.05, 0.1) is 7.11 Å².